The molecule has 22 heavy (non-hydrogen) atoms. The van der Waals surface area contributed by atoms with Crippen molar-refractivity contribution in [1.29, 1.82) is 5.26 Å². The predicted octanol–water partition coefficient (Wildman–Crippen LogP) is 2.95. The van der Waals surface area contributed by atoms with Gasteiger partial charge in [0, 0.05) is 13.2 Å². The molecule has 1 amide bonds. The zero-order chi connectivity index (χ0) is 15.8. The number of benzene rings is 2. The van der Waals surface area contributed by atoms with Crippen molar-refractivity contribution in [2.24, 2.45) is 0 Å². The van der Waals surface area contributed by atoms with Gasteiger partial charge in [0.15, 0.2) is 6.10 Å². The van der Waals surface area contributed by atoms with Gasteiger partial charge in [-0.25, -0.2) is 0 Å². The molecular formula is C18H18N2O2. The van der Waals surface area contributed by atoms with Crippen molar-refractivity contribution < 1.29 is 9.53 Å². The molecule has 0 aromatic heterocycles. The highest BCUT2D eigenvalue weighted by molar-refractivity contribution is 5.82. The van der Waals surface area contributed by atoms with Crippen LogP contribution in [0, 0.1) is 11.3 Å². The van der Waals surface area contributed by atoms with Crippen molar-refractivity contribution in [3.05, 3.63) is 71.3 Å². The van der Waals surface area contributed by atoms with Crippen LogP contribution >= 0.6 is 0 Å². The third-order valence-corrected chi connectivity index (χ3v) is 3.22. The third-order valence-electron chi connectivity index (χ3n) is 3.22. The van der Waals surface area contributed by atoms with Crippen LogP contribution in [0.4, 0.5) is 0 Å². The highest BCUT2D eigenvalue weighted by Crippen LogP contribution is 2.17. The molecule has 1 atom stereocenters. The molecular weight excluding hydrogens is 276 g/mol. The van der Waals surface area contributed by atoms with E-state index in [2.05, 4.69) is 11.4 Å². The van der Waals surface area contributed by atoms with Crippen LogP contribution in [-0.4, -0.2) is 12.5 Å². The second-order valence-electron chi connectivity index (χ2n) is 4.77. The van der Waals surface area contributed by atoms with Gasteiger partial charge in [0.05, 0.1) is 11.6 Å². The minimum absolute atomic E-state index is 0.169. The topological polar surface area (TPSA) is 62.1 Å². The number of ether oxygens (including phenoxy) is 1. The van der Waals surface area contributed by atoms with E-state index in [1.54, 1.807) is 12.1 Å². The molecule has 4 heteroatoms. The van der Waals surface area contributed by atoms with Crippen LogP contribution in [0.25, 0.3) is 0 Å². The number of nitrogens with one attached hydrogen (secondary N) is 1. The van der Waals surface area contributed by atoms with E-state index in [0.29, 0.717) is 18.7 Å². The molecule has 0 aliphatic heterocycles. The lowest BCUT2D eigenvalue weighted by Gasteiger charge is -2.17. The Hall–Kier alpha value is -2.64. The first-order valence-corrected chi connectivity index (χ1v) is 7.18. The number of hydrogen-bond acceptors (Lipinski definition) is 3. The van der Waals surface area contributed by atoms with Crippen LogP contribution in [0.3, 0.4) is 0 Å². The number of hydrogen-bond donors (Lipinski definition) is 1. The van der Waals surface area contributed by atoms with Crippen molar-refractivity contribution in [2.75, 3.05) is 6.61 Å². The molecule has 0 saturated heterocycles. The Labute approximate surface area is 130 Å². The summed E-state index contributed by atoms with van der Waals surface area (Å²) in [6.07, 6.45) is -0.607. The van der Waals surface area contributed by atoms with Crippen LogP contribution in [-0.2, 0) is 16.1 Å². The monoisotopic (exact) mass is 294 g/mol. The fraction of sp³-hybridized carbons (Fsp3) is 0.222. The summed E-state index contributed by atoms with van der Waals surface area (Å²) in [5.74, 6) is -0.169. The van der Waals surface area contributed by atoms with Gasteiger partial charge in [0.1, 0.15) is 0 Å². The van der Waals surface area contributed by atoms with E-state index < -0.39 is 6.10 Å². The molecule has 0 radical (unpaired) electrons. The fourth-order valence-corrected chi connectivity index (χ4v) is 2.10. The van der Waals surface area contributed by atoms with Crippen LogP contribution in [0.15, 0.2) is 54.6 Å². The Morgan fingerprint density at radius 3 is 2.45 bits per heavy atom. The Bertz CT molecular complexity index is 645. The first-order valence-electron chi connectivity index (χ1n) is 7.18. The molecule has 0 saturated carbocycles. The molecule has 1 unspecified atom stereocenters. The molecule has 0 fully saturated rings. The smallest absolute Gasteiger partial charge is 0.254 e. The van der Waals surface area contributed by atoms with E-state index in [1.807, 2.05) is 49.4 Å². The van der Waals surface area contributed by atoms with Crippen LogP contribution in [0.5, 0.6) is 0 Å². The number of carbonyl (C=O) groups is 1. The molecule has 0 aliphatic rings. The maximum atomic E-state index is 12.3. The van der Waals surface area contributed by atoms with Gasteiger partial charge < -0.3 is 10.1 Å². The fourth-order valence-electron chi connectivity index (χ4n) is 2.10. The maximum Gasteiger partial charge on any atom is 0.254 e. The van der Waals surface area contributed by atoms with Gasteiger partial charge in [-0.2, -0.15) is 5.26 Å². The molecule has 0 aliphatic carbocycles. The van der Waals surface area contributed by atoms with E-state index in [0.717, 1.165) is 11.1 Å². The number of rotatable bonds is 6. The van der Waals surface area contributed by atoms with Gasteiger partial charge >= 0.3 is 0 Å². The van der Waals surface area contributed by atoms with E-state index in [9.17, 15) is 4.79 Å². The summed E-state index contributed by atoms with van der Waals surface area (Å²) in [5, 5.41) is 11.6. The lowest BCUT2D eigenvalue weighted by atomic mass is 10.1. The van der Waals surface area contributed by atoms with Crippen molar-refractivity contribution in [1.82, 2.24) is 5.32 Å². The zero-order valence-electron chi connectivity index (χ0n) is 12.5. The molecule has 0 spiro atoms. The van der Waals surface area contributed by atoms with E-state index in [-0.39, 0.29) is 5.91 Å². The summed E-state index contributed by atoms with van der Waals surface area (Å²) >= 11 is 0. The largest absolute Gasteiger partial charge is 0.364 e. The molecule has 112 valence electrons. The number of nitrogens with zero attached hydrogens (tertiary/aromatic N) is 1. The van der Waals surface area contributed by atoms with Gasteiger partial charge in [-0.1, -0.05) is 42.5 Å². The predicted molar refractivity (Wildman–Crippen MR) is 83.8 cm³/mol. The summed E-state index contributed by atoms with van der Waals surface area (Å²) < 4.78 is 5.56. The second-order valence-corrected chi connectivity index (χ2v) is 4.77. The SMILES string of the molecule is CCOC(C(=O)NCc1ccc(C#N)cc1)c1ccccc1. The third kappa shape index (κ3) is 4.18. The number of amides is 1. The first-order chi connectivity index (χ1) is 10.7. The second kappa shape index (κ2) is 7.96. The lowest BCUT2D eigenvalue weighted by molar-refractivity contribution is -0.133. The average molecular weight is 294 g/mol. The Morgan fingerprint density at radius 2 is 1.86 bits per heavy atom. The van der Waals surface area contributed by atoms with E-state index in [4.69, 9.17) is 10.00 Å². The average Bonchev–Trinajstić information content (AvgIpc) is 2.58. The lowest BCUT2D eigenvalue weighted by Crippen LogP contribution is -2.30. The standard InChI is InChI=1S/C18H18N2O2/c1-2-22-17(16-6-4-3-5-7-16)18(21)20-13-15-10-8-14(12-19)9-11-15/h3-11,17H,2,13H2,1H3,(H,20,21). The van der Waals surface area contributed by atoms with Gasteiger partial charge in [-0.05, 0) is 30.2 Å². The van der Waals surface area contributed by atoms with E-state index in [1.165, 1.54) is 0 Å². The summed E-state index contributed by atoms with van der Waals surface area (Å²) in [6, 6.07) is 18.6. The van der Waals surface area contributed by atoms with Gasteiger partial charge in [0.25, 0.3) is 5.91 Å². The van der Waals surface area contributed by atoms with Gasteiger partial charge in [-0.15, -0.1) is 0 Å². The van der Waals surface area contributed by atoms with Gasteiger partial charge in [-0.3, -0.25) is 4.79 Å². The molecule has 0 bridgehead atoms. The van der Waals surface area contributed by atoms with Crippen LogP contribution < -0.4 is 5.32 Å². The van der Waals surface area contributed by atoms with E-state index >= 15 is 0 Å². The zero-order valence-corrected chi connectivity index (χ0v) is 12.5. The summed E-state index contributed by atoms with van der Waals surface area (Å²) in [7, 11) is 0. The number of carbonyl (C=O) groups excluding carboxylic acids is 1. The van der Waals surface area contributed by atoms with Crippen molar-refractivity contribution in [2.45, 2.75) is 19.6 Å². The molecule has 4 nitrogen and oxygen atoms in total. The first kappa shape index (κ1) is 15.7. The Morgan fingerprint density at radius 1 is 1.18 bits per heavy atom. The van der Waals surface area contributed by atoms with Gasteiger partial charge in [0.2, 0.25) is 0 Å². The number of nitriles is 1. The summed E-state index contributed by atoms with van der Waals surface area (Å²) in [5.41, 5.74) is 2.38. The van der Waals surface area contributed by atoms with Crippen molar-refractivity contribution >= 4 is 5.91 Å². The minimum atomic E-state index is -0.607. The summed E-state index contributed by atoms with van der Waals surface area (Å²) in [6.45, 7) is 2.73. The molecule has 2 aromatic rings. The molecule has 2 rings (SSSR count). The molecule has 0 heterocycles. The highest BCUT2D eigenvalue weighted by Gasteiger charge is 2.20. The Balaban J connectivity index is 2.00. The maximum absolute atomic E-state index is 12.3. The minimum Gasteiger partial charge on any atom is -0.364 e. The normalized spacial score (nSPS) is 11.5. The van der Waals surface area contributed by atoms with Crippen LogP contribution in [0.2, 0.25) is 0 Å². The molecule has 2 aromatic carbocycles. The highest BCUT2D eigenvalue weighted by atomic mass is 16.5. The summed E-state index contributed by atoms with van der Waals surface area (Å²) in [4.78, 5) is 12.3. The van der Waals surface area contributed by atoms with Crippen molar-refractivity contribution in [3.63, 3.8) is 0 Å². The quantitative estimate of drug-likeness (QED) is 0.891. The van der Waals surface area contributed by atoms with Crippen LogP contribution in [0.1, 0.15) is 29.7 Å². The molecule has 1 N–H and O–H groups in total. The Kier molecular flexibility index (Phi) is 5.70. The van der Waals surface area contributed by atoms with Crippen molar-refractivity contribution in [3.8, 4) is 6.07 Å².